The van der Waals surface area contributed by atoms with Gasteiger partial charge in [0.05, 0.1) is 37.6 Å². The lowest BCUT2D eigenvalue weighted by Gasteiger charge is -2.15. The van der Waals surface area contributed by atoms with E-state index in [1.54, 1.807) is 43.3 Å². The number of halogens is 1. The molecule has 0 bridgehead atoms. The lowest BCUT2D eigenvalue weighted by Crippen LogP contribution is -2.30. The number of hydrogen-bond donors (Lipinski definition) is 14. The van der Waals surface area contributed by atoms with Crippen molar-refractivity contribution in [2.45, 2.75) is 134 Å². The summed E-state index contributed by atoms with van der Waals surface area (Å²) in [5.74, 6) is -4.35. The van der Waals surface area contributed by atoms with Crippen LogP contribution >= 0.6 is 15.9 Å². The molecule has 114 heavy (non-hydrogen) atoms. The van der Waals surface area contributed by atoms with Gasteiger partial charge in [-0.3, -0.25) is 39.4 Å². The molecular formula is C75H83BrN10O28. The minimum absolute atomic E-state index is 0.0425. The number of rotatable bonds is 34. The Morgan fingerprint density at radius 1 is 0.430 bits per heavy atom. The van der Waals surface area contributed by atoms with E-state index in [2.05, 4.69) is 37.2 Å². The topological polar surface area (TPSA) is 620 Å². The molecule has 18 N–H and O–H groups in total. The van der Waals surface area contributed by atoms with Crippen LogP contribution < -0.4 is 55.5 Å². The predicted molar refractivity (Wildman–Crippen MR) is 412 cm³/mol. The normalized spacial score (nSPS) is 12.3. The maximum absolute atomic E-state index is 12.1. The van der Waals surface area contributed by atoms with E-state index in [0.717, 1.165) is 10.8 Å². The first-order valence-corrected chi connectivity index (χ1v) is 36.1. The summed E-state index contributed by atoms with van der Waals surface area (Å²) in [6.07, 6.45) is 1.94. The Morgan fingerprint density at radius 2 is 0.807 bits per heavy atom. The zero-order valence-electron chi connectivity index (χ0n) is 61.0. The number of benzene rings is 6. The number of phenolic OH excluding ortho intramolecular Hbond substituents is 2. The second-order valence-corrected chi connectivity index (χ2v) is 26.4. The summed E-state index contributed by atoms with van der Waals surface area (Å²) in [7, 11) is 0. The van der Waals surface area contributed by atoms with Gasteiger partial charge in [-0.2, -0.15) is 0 Å². The minimum Gasteiger partial charge on any atom is -0.508 e. The fourth-order valence-corrected chi connectivity index (χ4v) is 11.5. The average molecular weight is 1650 g/mol. The SMILES string of the molecule is CC(OC(=O)NCCCC[C@H](N)C(=O)O)c1cc2c(cc1[N+](=O)[O-])oc1ccccc12.N[C@@H](CCCCNC(=O)OCc1cc(=O)oc2cc(O)c(Br)cc12)C(=O)O.N[C@@H](CCCCNC(=O)OCc1cc(=O)oc2cc(O)ccc12)C(=O)O.N[C@@H](CCCCNC(=O)OCc1cc2c(cc1[N+](=O)[O-])oc1ccccc12)C(=O)O. The Bertz CT molecular complexity index is 5240. The van der Waals surface area contributed by atoms with Crippen LogP contribution in [0.2, 0.25) is 0 Å². The number of amides is 4. The molecule has 4 aromatic heterocycles. The van der Waals surface area contributed by atoms with Crippen LogP contribution in [0.15, 0.2) is 147 Å². The molecule has 5 atom stereocenters. The van der Waals surface area contributed by atoms with Gasteiger partial charge in [0.15, 0.2) is 0 Å². The van der Waals surface area contributed by atoms with Crippen molar-refractivity contribution in [3.63, 3.8) is 0 Å². The molecule has 38 nitrogen and oxygen atoms in total. The third kappa shape index (κ3) is 26.6. The monoisotopic (exact) mass is 1650 g/mol. The van der Waals surface area contributed by atoms with Gasteiger partial charge in [0, 0.05) is 93.9 Å². The number of hydrogen-bond acceptors (Lipinski definition) is 28. The number of carbonyl (C=O) groups is 8. The van der Waals surface area contributed by atoms with E-state index in [1.807, 2.05) is 36.4 Å². The van der Waals surface area contributed by atoms with Gasteiger partial charge in [-0.15, -0.1) is 0 Å². The highest BCUT2D eigenvalue weighted by atomic mass is 79.9. The highest BCUT2D eigenvalue weighted by Crippen LogP contribution is 2.38. The molecular weight excluding hydrogens is 1570 g/mol. The third-order valence-electron chi connectivity index (χ3n) is 17.1. The summed E-state index contributed by atoms with van der Waals surface area (Å²) in [6, 6.07) is 26.4. The molecule has 1 unspecified atom stereocenters. The number of nitrogens with zero attached hydrogens (tertiary/aromatic N) is 2. The summed E-state index contributed by atoms with van der Waals surface area (Å²) in [4.78, 5) is 135. The number of aromatic hydroxyl groups is 2. The second kappa shape index (κ2) is 43.0. The Balaban J connectivity index is 0.000000211. The molecule has 4 amide bonds. The lowest BCUT2D eigenvalue weighted by atomic mass is 10.0. The van der Waals surface area contributed by atoms with E-state index in [9.17, 15) is 78.4 Å². The third-order valence-corrected chi connectivity index (χ3v) is 17.8. The first-order valence-electron chi connectivity index (χ1n) is 35.3. The molecule has 608 valence electrons. The summed E-state index contributed by atoms with van der Waals surface area (Å²) in [5.41, 5.74) is 23.7. The van der Waals surface area contributed by atoms with Crippen molar-refractivity contribution >= 4 is 141 Å². The zero-order chi connectivity index (χ0) is 83.3. The van der Waals surface area contributed by atoms with Gasteiger partial charge in [-0.1, -0.05) is 36.4 Å². The number of alkyl carbamates (subject to hydrolysis) is 4. The van der Waals surface area contributed by atoms with Crippen LogP contribution in [0.5, 0.6) is 11.5 Å². The number of carboxylic acids is 4. The minimum atomic E-state index is -1.06. The molecule has 4 heterocycles. The van der Waals surface area contributed by atoms with Gasteiger partial charge in [-0.25, -0.2) is 28.8 Å². The van der Waals surface area contributed by atoms with Gasteiger partial charge in [0.2, 0.25) is 0 Å². The van der Waals surface area contributed by atoms with Gasteiger partial charge >= 0.3 is 59.5 Å². The van der Waals surface area contributed by atoms with Crippen LogP contribution in [-0.2, 0) is 57.9 Å². The van der Waals surface area contributed by atoms with Crippen LogP contribution in [0.1, 0.15) is 112 Å². The maximum Gasteiger partial charge on any atom is 0.407 e. The van der Waals surface area contributed by atoms with Crippen LogP contribution in [0.25, 0.3) is 65.8 Å². The number of ether oxygens (including phenoxy) is 4. The molecule has 0 radical (unpaired) electrons. The van der Waals surface area contributed by atoms with Crippen LogP contribution in [-0.4, -0.2) is 139 Å². The summed E-state index contributed by atoms with van der Waals surface area (Å²) < 4.78 is 42.4. The van der Waals surface area contributed by atoms with Gasteiger partial charge < -0.3 is 111 Å². The number of nitro groups is 2. The number of unbranched alkanes of at least 4 members (excludes halogenated alkanes) is 4. The van der Waals surface area contributed by atoms with Crippen molar-refractivity contribution < 1.29 is 115 Å². The molecule has 39 heteroatoms. The molecule has 6 aromatic carbocycles. The van der Waals surface area contributed by atoms with Crippen molar-refractivity contribution in [1.82, 2.24) is 21.3 Å². The van der Waals surface area contributed by atoms with Crippen LogP contribution in [0, 0.1) is 20.2 Å². The second-order valence-electron chi connectivity index (χ2n) is 25.5. The summed E-state index contributed by atoms with van der Waals surface area (Å²) in [5, 5.41) is 91.1. The number of phenols is 2. The van der Waals surface area contributed by atoms with E-state index in [-0.39, 0.29) is 78.1 Å². The molecule has 10 rings (SSSR count). The number of carbonyl (C=O) groups excluding carboxylic acids is 4. The van der Waals surface area contributed by atoms with Crippen molar-refractivity contribution in [3.8, 4) is 11.5 Å². The summed E-state index contributed by atoms with van der Waals surface area (Å²) >= 11 is 3.18. The lowest BCUT2D eigenvalue weighted by molar-refractivity contribution is -0.386. The smallest absolute Gasteiger partial charge is 0.407 e. The molecule has 0 spiro atoms. The predicted octanol–water partition coefficient (Wildman–Crippen LogP) is 10.5. The maximum atomic E-state index is 12.1. The Morgan fingerprint density at radius 3 is 1.24 bits per heavy atom. The molecule has 0 saturated heterocycles. The van der Waals surface area contributed by atoms with Gasteiger partial charge in [-0.05, 0) is 142 Å². The Hall–Kier alpha value is -13.0. The average Bonchev–Trinajstić information content (AvgIpc) is 1.73. The van der Waals surface area contributed by atoms with Gasteiger partial charge in [0.1, 0.15) is 95.1 Å². The van der Waals surface area contributed by atoms with E-state index in [1.165, 1.54) is 42.5 Å². The molecule has 0 saturated carbocycles. The first kappa shape index (κ1) is 88.2. The number of carboxylic acid groups (broad SMARTS) is 4. The number of nitro benzene ring substituents is 2. The highest BCUT2D eigenvalue weighted by Gasteiger charge is 2.27. The Labute approximate surface area is 653 Å². The van der Waals surface area contributed by atoms with E-state index in [4.69, 9.17) is 80.0 Å². The first-order chi connectivity index (χ1) is 54.3. The van der Waals surface area contributed by atoms with Crippen LogP contribution in [0.4, 0.5) is 30.6 Å². The Kier molecular flexibility index (Phi) is 33.3. The molecule has 10 aromatic rings. The molecule has 0 fully saturated rings. The quantitative estimate of drug-likeness (QED) is 0.00586. The van der Waals surface area contributed by atoms with E-state index in [0.29, 0.717) is 150 Å². The number of nitrogens with one attached hydrogen (secondary N) is 4. The largest absolute Gasteiger partial charge is 0.508 e. The zero-order valence-corrected chi connectivity index (χ0v) is 62.6. The van der Waals surface area contributed by atoms with Crippen molar-refractivity contribution in [1.29, 1.82) is 0 Å². The number of aliphatic carboxylic acids is 4. The fraction of sp³-hybridized carbons (Fsp3) is 0.333. The van der Waals surface area contributed by atoms with Crippen molar-refractivity contribution in [2.75, 3.05) is 26.2 Å². The van der Waals surface area contributed by atoms with E-state index >= 15 is 0 Å². The number of para-hydroxylation sites is 2. The molecule has 0 aliphatic heterocycles. The van der Waals surface area contributed by atoms with Gasteiger partial charge in [0.25, 0.3) is 11.4 Å². The molecule has 0 aliphatic rings. The molecule has 0 aliphatic carbocycles. The fourth-order valence-electron chi connectivity index (χ4n) is 11.1. The summed E-state index contributed by atoms with van der Waals surface area (Å²) in [6.45, 7) is 2.16. The van der Waals surface area contributed by atoms with E-state index < -0.39 is 99.6 Å². The number of fused-ring (bicyclic) bond motifs is 8. The van der Waals surface area contributed by atoms with Crippen molar-refractivity contribution in [3.05, 3.63) is 183 Å². The number of furan rings is 2. The highest BCUT2D eigenvalue weighted by molar-refractivity contribution is 9.10. The standard InChI is InChI=1S/C21H23N3O7.C20H21N3O7.C17H19BrN2O7.C17H20N2O7/c1-12(30-21(27)23-9-5-4-7-16(22)20(25)26)14-10-15-13-6-2-3-8-18(13)31-19(15)11-17(14)24(28)29;21-15(19(24)25)6-3-4-8-22-20(26)29-11-12-9-14-13-5-1-2-7-17(13)30-18(14)10-16(12)23(27)28;18-11-6-10-9(5-15(22)27-14(10)7-13(11)21)8-26-17(25)20-4-2-1-3-12(19)16(23)24;18-13(16(22)23)3-1-2-6-19-17(24)25-9-10-7-15(21)26-14-8-11(20)4-5-12(10)14/h2-3,6,8,10-12,16H,4-5,7,9,22H2,1H3,(H,23,27)(H,25,26);1-2,5,7,9-10,15H,3-4,6,8,11,21H2,(H,22,26)(H,24,25);5-7,12,21H,1-4,8,19H2,(H,20,25)(H,23,24);4-5,7-8,13,20H,1-3,6,9,18H2,(H,19,24)(H,22,23)/t12?,16-;15-;12-;13-/m0000/s1. The van der Waals surface area contributed by atoms with Crippen molar-refractivity contribution in [2.24, 2.45) is 22.9 Å². The number of nitrogens with two attached hydrogens (primary N) is 4. The van der Waals surface area contributed by atoms with Crippen LogP contribution in [0.3, 0.4) is 0 Å².